The lowest BCUT2D eigenvalue weighted by molar-refractivity contribution is -0.113. The van der Waals surface area contributed by atoms with Crippen LogP contribution in [-0.4, -0.2) is 25.3 Å². The third-order valence-corrected chi connectivity index (χ3v) is 4.52. The van der Waals surface area contributed by atoms with E-state index in [4.69, 9.17) is 14.9 Å². The van der Waals surface area contributed by atoms with Gasteiger partial charge in [-0.2, -0.15) is 0 Å². The third kappa shape index (κ3) is 3.36. The number of nitrogens with zero attached hydrogens (tertiary/aromatic N) is 1. The normalized spacial score (nSPS) is 15.8. The van der Waals surface area contributed by atoms with Crippen LogP contribution in [0, 0.1) is 11.2 Å². The van der Waals surface area contributed by atoms with E-state index in [-0.39, 0.29) is 11.1 Å². The van der Waals surface area contributed by atoms with Gasteiger partial charge in [0.05, 0.1) is 24.8 Å². The minimum Gasteiger partial charge on any atom is -0.497 e. The molecule has 1 N–H and O–H groups in total. The van der Waals surface area contributed by atoms with Gasteiger partial charge in [0.2, 0.25) is 0 Å². The van der Waals surface area contributed by atoms with Crippen LogP contribution in [0.25, 0.3) is 6.08 Å². The number of thioether (sulfide) groups is 1. The molecule has 0 aromatic heterocycles. The SMILES string of the molecule is COc1ccc(OC)c(/C=C2\SC(=N)N(c3ccc(F)cc3)C2=O)c1. The molecular formula is C18H15FN2O3S. The first-order chi connectivity index (χ1) is 12.0. The average Bonchev–Trinajstić information content (AvgIpc) is 2.89. The van der Waals surface area contributed by atoms with Crippen molar-refractivity contribution in [1.82, 2.24) is 0 Å². The van der Waals surface area contributed by atoms with E-state index >= 15 is 0 Å². The maximum Gasteiger partial charge on any atom is 0.271 e. The van der Waals surface area contributed by atoms with Crippen LogP contribution in [0.5, 0.6) is 11.5 Å². The standard InChI is InChI=1S/C18H15FN2O3S/c1-23-14-7-8-15(24-2)11(9-14)10-16-17(22)21(18(20)25-16)13-5-3-12(19)4-6-13/h3-10,20H,1-2H3/b16-10-,20-18?. The number of anilines is 1. The monoisotopic (exact) mass is 358 g/mol. The van der Waals surface area contributed by atoms with Crippen LogP contribution >= 0.6 is 11.8 Å². The van der Waals surface area contributed by atoms with E-state index in [0.717, 1.165) is 11.8 Å². The average molecular weight is 358 g/mol. The van der Waals surface area contributed by atoms with E-state index in [1.807, 2.05) is 0 Å². The Balaban J connectivity index is 1.97. The van der Waals surface area contributed by atoms with E-state index in [2.05, 4.69) is 0 Å². The summed E-state index contributed by atoms with van der Waals surface area (Å²) in [5, 5.41) is 8.14. The Morgan fingerprint density at radius 2 is 1.84 bits per heavy atom. The summed E-state index contributed by atoms with van der Waals surface area (Å²) < 4.78 is 23.6. The van der Waals surface area contributed by atoms with Crippen molar-refractivity contribution < 1.29 is 18.7 Å². The Bertz CT molecular complexity index is 865. The maximum absolute atomic E-state index is 13.1. The van der Waals surface area contributed by atoms with Gasteiger partial charge in [-0.05, 0) is 60.3 Å². The predicted octanol–water partition coefficient (Wildman–Crippen LogP) is 3.90. The lowest BCUT2D eigenvalue weighted by atomic mass is 10.1. The van der Waals surface area contributed by atoms with Gasteiger partial charge in [-0.1, -0.05) is 0 Å². The van der Waals surface area contributed by atoms with Crippen molar-refractivity contribution in [3.63, 3.8) is 0 Å². The summed E-state index contributed by atoms with van der Waals surface area (Å²) in [7, 11) is 3.10. The minimum absolute atomic E-state index is 0.0599. The van der Waals surface area contributed by atoms with Crippen molar-refractivity contribution >= 4 is 34.6 Å². The smallest absolute Gasteiger partial charge is 0.271 e. The molecule has 0 saturated carbocycles. The number of ether oxygens (including phenoxy) is 2. The zero-order valence-corrected chi connectivity index (χ0v) is 14.4. The molecule has 3 rings (SSSR count). The molecule has 2 aromatic rings. The summed E-state index contributed by atoms with van der Waals surface area (Å²) in [5.41, 5.74) is 1.12. The van der Waals surface area contributed by atoms with Crippen molar-refractivity contribution in [2.24, 2.45) is 0 Å². The Hall–Kier alpha value is -2.80. The molecule has 5 nitrogen and oxygen atoms in total. The fourth-order valence-corrected chi connectivity index (χ4v) is 3.26. The van der Waals surface area contributed by atoms with Crippen molar-refractivity contribution in [3.05, 3.63) is 58.8 Å². The number of methoxy groups -OCH3 is 2. The van der Waals surface area contributed by atoms with E-state index < -0.39 is 5.82 Å². The minimum atomic E-state index is -0.397. The lowest BCUT2D eigenvalue weighted by Crippen LogP contribution is -2.28. The summed E-state index contributed by atoms with van der Waals surface area (Å²) in [4.78, 5) is 14.3. The van der Waals surface area contributed by atoms with E-state index in [0.29, 0.717) is 27.7 Å². The van der Waals surface area contributed by atoms with E-state index in [1.54, 1.807) is 38.5 Å². The maximum atomic E-state index is 13.1. The molecule has 25 heavy (non-hydrogen) atoms. The van der Waals surface area contributed by atoms with Gasteiger partial charge in [-0.15, -0.1) is 0 Å². The number of carbonyl (C=O) groups is 1. The van der Waals surface area contributed by atoms with Crippen LogP contribution in [0.2, 0.25) is 0 Å². The van der Waals surface area contributed by atoms with Crippen molar-refractivity contribution in [2.45, 2.75) is 0 Å². The largest absolute Gasteiger partial charge is 0.497 e. The fraction of sp³-hybridized carbons (Fsp3) is 0.111. The number of hydrogen-bond acceptors (Lipinski definition) is 5. The topological polar surface area (TPSA) is 62.6 Å². The number of halogens is 1. The first kappa shape index (κ1) is 17.0. The molecule has 0 aliphatic carbocycles. The summed E-state index contributed by atoms with van der Waals surface area (Å²) in [6.07, 6.45) is 1.66. The number of rotatable bonds is 4. The highest BCUT2D eigenvalue weighted by Crippen LogP contribution is 2.37. The molecule has 1 saturated heterocycles. The Morgan fingerprint density at radius 1 is 1.12 bits per heavy atom. The lowest BCUT2D eigenvalue weighted by Gasteiger charge is -2.14. The molecule has 0 atom stereocenters. The number of amidine groups is 1. The molecule has 1 amide bonds. The molecule has 128 valence electrons. The van der Waals surface area contributed by atoms with Crippen molar-refractivity contribution in [2.75, 3.05) is 19.1 Å². The quantitative estimate of drug-likeness (QED) is 0.842. The highest BCUT2D eigenvalue weighted by Gasteiger charge is 2.33. The first-order valence-corrected chi connectivity index (χ1v) is 8.15. The molecule has 0 unspecified atom stereocenters. The Labute approximate surface area is 148 Å². The van der Waals surface area contributed by atoms with Gasteiger partial charge in [0, 0.05) is 5.56 Å². The van der Waals surface area contributed by atoms with Gasteiger partial charge < -0.3 is 9.47 Å². The number of nitrogens with one attached hydrogen (secondary N) is 1. The van der Waals surface area contributed by atoms with Gasteiger partial charge in [0.25, 0.3) is 5.91 Å². The predicted molar refractivity (Wildman–Crippen MR) is 96.7 cm³/mol. The van der Waals surface area contributed by atoms with E-state index in [9.17, 15) is 9.18 Å². The molecule has 0 spiro atoms. The number of amides is 1. The highest BCUT2D eigenvalue weighted by atomic mass is 32.2. The molecule has 1 aliphatic heterocycles. The Kier molecular flexibility index (Phi) is 4.76. The van der Waals surface area contributed by atoms with Crippen molar-refractivity contribution in [3.8, 4) is 11.5 Å². The van der Waals surface area contributed by atoms with Crippen molar-refractivity contribution in [1.29, 1.82) is 5.41 Å². The van der Waals surface area contributed by atoms with Gasteiger partial charge in [0.15, 0.2) is 5.17 Å². The van der Waals surface area contributed by atoms with Crippen LogP contribution in [0.3, 0.4) is 0 Å². The number of hydrogen-bond donors (Lipinski definition) is 1. The van der Waals surface area contributed by atoms with Gasteiger partial charge in [-0.3, -0.25) is 15.1 Å². The second-order valence-corrected chi connectivity index (χ2v) is 6.17. The van der Waals surface area contributed by atoms with Crippen LogP contribution in [-0.2, 0) is 4.79 Å². The second-order valence-electron chi connectivity index (χ2n) is 5.14. The molecule has 1 heterocycles. The zero-order valence-electron chi connectivity index (χ0n) is 13.6. The van der Waals surface area contributed by atoms with Crippen LogP contribution in [0.1, 0.15) is 5.56 Å². The third-order valence-electron chi connectivity index (χ3n) is 3.63. The van der Waals surface area contributed by atoms with Gasteiger partial charge >= 0.3 is 0 Å². The van der Waals surface area contributed by atoms with E-state index in [1.165, 1.54) is 29.2 Å². The molecule has 7 heteroatoms. The zero-order chi connectivity index (χ0) is 18.0. The Morgan fingerprint density at radius 3 is 2.48 bits per heavy atom. The summed E-state index contributed by atoms with van der Waals surface area (Å²) in [6, 6.07) is 10.7. The van der Waals surface area contributed by atoms with Crippen LogP contribution in [0.15, 0.2) is 47.4 Å². The molecule has 2 aromatic carbocycles. The molecule has 0 bridgehead atoms. The fourth-order valence-electron chi connectivity index (χ4n) is 2.41. The van der Waals surface area contributed by atoms with Crippen LogP contribution in [0.4, 0.5) is 10.1 Å². The van der Waals surface area contributed by atoms with Crippen LogP contribution < -0.4 is 14.4 Å². The molecule has 1 aliphatic rings. The first-order valence-electron chi connectivity index (χ1n) is 7.33. The van der Waals surface area contributed by atoms with Gasteiger partial charge in [-0.25, -0.2) is 4.39 Å². The second kappa shape index (κ2) is 6.98. The molecule has 0 radical (unpaired) electrons. The summed E-state index contributed by atoms with van der Waals surface area (Å²) >= 11 is 1.04. The summed E-state index contributed by atoms with van der Waals surface area (Å²) in [5.74, 6) is 0.486. The highest BCUT2D eigenvalue weighted by molar-refractivity contribution is 8.19. The van der Waals surface area contributed by atoms with Gasteiger partial charge in [0.1, 0.15) is 17.3 Å². The molecule has 1 fully saturated rings. The number of carbonyl (C=O) groups excluding carboxylic acids is 1. The molecular weight excluding hydrogens is 343 g/mol. The summed E-state index contributed by atoms with van der Waals surface area (Å²) in [6.45, 7) is 0. The number of benzene rings is 2.